The van der Waals surface area contributed by atoms with Crippen molar-refractivity contribution in [2.45, 2.75) is 18.3 Å². The predicted octanol–water partition coefficient (Wildman–Crippen LogP) is 4.49. The van der Waals surface area contributed by atoms with Crippen molar-refractivity contribution in [3.63, 3.8) is 0 Å². The fraction of sp³-hybridized carbons (Fsp3) is 0.500. The Hall–Kier alpha value is -0.750. The van der Waals surface area contributed by atoms with Gasteiger partial charge in [0.05, 0.1) is 12.5 Å². The molecular formula is C12H15ClF3NOS. The molecular weight excluding hydrogens is 299 g/mol. The molecule has 0 bridgehead atoms. The maximum Gasteiger partial charge on any atom is 0.441 e. The van der Waals surface area contributed by atoms with E-state index >= 15 is 0 Å². The maximum absolute atomic E-state index is 11.9. The Morgan fingerprint density at radius 3 is 2.68 bits per heavy atom. The molecule has 1 aromatic carbocycles. The van der Waals surface area contributed by atoms with E-state index in [4.69, 9.17) is 16.3 Å². The molecule has 0 saturated heterocycles. The summed E-state index contributed by atoms with van der Waals surface area (Å²) in [4.78, 5) is 0. The zero-order valence-corrected chi connectivity index (χ0v) is 12.0. The Labute approximate surface area is 119 Å². The summed E-state index contributed by atoms with van der Waals surface area (Å²) >= 11 is 5.76. The Balaban J connectivity index is 2.50. The Bertz CT molecular complexity index is 401. The summed E-state index contributed by atoms with van der Waals surface area (Å²) in [5.74, 6) is 0.961. The zero-order valence-electron chi connectivity index (χ0n) is 10.4. The summed E-state index contributed by atoms with van der Waals surface area (Å²) in [5.41, 5.74) is -2.62. The highest BCUT2D eigenvalue weighted by Gasteiger charge is 2.27. The summed E-state index contributed by atoms with van der Waals surface area (Å²) < 4.78 is 41.2. The Kier molecular flexibility index (Phi) is 6.65. The third kappa shape index (κ3) is 6.29. The van der Waals surface area contributed by atoms with Crippen LogP contribution >= 0.6 is 23.4 Å². The van der Waals surface area contributed by atoms with Gasteiger partial charge in [-0.25, -0.2) is 0 Å². The van der Waals surface area contributed by atoms with Gasteiger partial charge in [-0.3, -0.25) is 0 Å². The topological polar surface area (TPSA) is 21.3 Å². The van der Waals surface area contributed by atoms with Gasteiger partial charge < -0.3 is 10.1 Å². The molecule has 1 rings (SSSR count). The number of benzene rings is 1. The lowest BCUT2D eigenvalue weighted by atomic mass is 10.2. The van der Waals surface area contributed by atoms with Gasteiger partial charge >= 0.3 is 5.51 Å². The van der Waals surface area contributed by atoms with Crippen molar-refractivity contribution >= 4 is 29.1 Å². The van der Waals surface area contributed by atoms with Gasteiger partial charge in [0.25, 0.3) is 0 Å². The van der Waals surface area contributed by atoms with E-state index < -0.39 is 5.51 Å². The number of hydrogen-bond donors (Lipinski definition) is 1. The van der Waals surface area contributed by atoms with Crippen molar-refractivity contribution in [2.75, 3.05) is 24.2 Å². The summed E-state index contributed by atoms with van der Waals surface area (Å²) in [5, 5.41) is 2.93. The van der Waals surface area contributed by atoms with Gasteiger partial charge in [0.15, 0.2) is 0 Å². The number of halogens is 4. The first-order chi connectivity index (χ1) is 8.96. The monoisotopic (exact) mass is 313 g/mol. The molecule has 0 unspecified atom stereocenters. The molecule has 0 atom stereocenters. The fourth-order valence-corrected chi connectivity index (χ4v) is 2.10. The second kappa shape index (κ2) is 7.75. The molecule has 108 valence electrons. The minimum Gasteiger partial charge on any atom is -0.494 e. The van der Waals surface area contributed by atoms with Crippen LogP contribution in [-0.4, -0.2) is 24.4 Å². The van der Waals surface area contributed by atoms with Crippen LogP contribution in [0.4, 0.5) is 18.9 Å². The van der Waals surface area contributed by atoms with Gasteiger partial charge in [-0.05, 0) is 36.9 Å². The van der Waals surface area contributed by atoms with E-state index in [1.165, 1.54) is 0 Å². The van der Waals surface area contributed by atoms with E-state index in [2.05, 4.69) is 5.32 Å². The van der Waals surface area contributed by atoms with Crippen LogP contribution in [-0.2, 0) is 5.88 Å². The quantitative estimate of drug-likeness (QED) is 0.592. The molecule has 0 aliphatic heterocycles. The van der Waals surface area contributed by atoms with Crippen LogP contribution in [0.15, 0.2) is 18.2 Å². The normalized spacial score (nSPS) is 11.4. The van der Waals surface area contributed by atoms with E-state index in [0.717, 1.165) is 11.3 Å². The molecule has 1 N–H and O–H groups in total. The first kappa shape index (κ1) is 16.3. The molecule has 1 aromatic rings. The van der Waals surface area contributed by atoms with Crippen molar-refractivity contribution < 1.29 is 17.9 Å². The van der Waals surface area contributed by atoms with E-state index in [9.17, 15) is 13.2 Å². The number of hydrogen-bond acceptors (Lipinski definition) is 3. The van der Waals surface area contributed by atoms with Crippen molar-refractivity contribution in [2.24, 2.45) is 0 Å². The second-order valence-corrected chi connectivity index (χ2v) is 5.04. The summed E-state index contributed by atoms with van der Waals surface area (Å²) in [6.07, 6.45) is 0. The van der Waals surface area contributed by atoms with E-state index in [1.54, 1.807) is 18.2 Å². The minimum absolute atomic E-state index is 0.0348. The number of nitrogens with one attached hydrogen (secondary N) is 1. The molecule has 0 aromatic heterocycles. The van der Waals surface area contributed by atoms with Gasteiger partial charge in [-0.1, -0.05) is 0 Å². The van der Waals surface area contributed by atoms with E-state index in [-0.39, 0.29) is 24.1 Å². The van der Waals surface area contributed by atoms with Crippen LogP contribution in [0.2, 0.25) is 0 Å². The predicted molar refractivity (Wildman–Crippen MR) is 74.2 cm³/mol. The highest BCUT2D eigenvalue weighted by molar-refractivity contribution is 8.00. The lowest BCUT2D eigenvalue weighted by molar-refractivity contribution is -0.0327. The third-order valence-corrected chi connectivity index (χ3v) is 3.22. The molecule has 0 heterocycles. The fourth-order valence-electron chi connectivity index (χ4n) is 1.45. The molecule has 2 nitrogen and oxygen atoms in total. The van der Waals surface area contributed by atoms with Crippen LogP contribution in [0.25, 0.3) is 0 Å². The van der Waals surface area contributed by atoms with E-state index in [1.807, 2.05) is 6.92 Å². The van der Waals surface area contributed by atoms with Gasteiger partial charge in [0.2, 0.25) is 0 Å². The van der Waals surface area contributed by atoms with Crippen molar-refractivity contribution in [1.82, 2.24) is 0 Å². The Morgan fingerprint density at radius 2 is 2.11 bits per heavy atom. The maximum atomic E-state index is 11.9. The lowest BCUT2D eigenvalue weighted by Gasteiger charge is -2.12. The SMILES string of the molecule is CCOc1ccc(NCCSC(F)(F)F)cc1CCl. The summed E-state index contributed by atoms with van der Waals surface area (Å²) in [7, 11) is 0. The number of rotatable bonds is 7. The van der Waals surface area contributed by atoms with Gasteiger partial charge in [-0.15, -0.1) is 11.6 Å². The zero-order chi connectivity index (χ0) is 14.3. The summed E-state index contributed by atoms with van der Waals surface area (Å²) in [6, 6.07) is 5.32. The van der Waals surface area contributed by atoms with E-state index in [0.29, 0.717) is 18.2 Å². The first-order valence-electron chi connectivity index (χ1n) is 5.72. The summed E-state index contributed by atoms with van der Waals surface area (Å²) in [6.45, 7) is 2.65. The molecule has 19 heavy (non-hydrogen) atoms. The third-order valence-electron chi connectivity index (χ3n) is 2.20. The largest absolute Gasteiger partial charge is 0.494 e. The minimum atomic E-state index is -4.18. The van der Waals surface area contributed by atoms with Crippen molar-refractivity contribution in [1.29, 1.82) is 0 Å². The molecule has 0 fully saturated rings. The highest BCUT2D eigenvalue weighted by atomic mass is 35.5. The molecule has 0 aliphatic rings. The highest BCUT2D eigenvalue weighted by Crippen LogP contribution is 2.30. The van der Waals surface area contributed by atoms with Crippen LogP contribution < -0.4 is 10.1 Å². The number of thioether (sulfide) groups is 1. The van der Waals surface area contributed by atoms with Crippen LogP contribution in [0.5, 0.6) is 5.75 Å². The van der Waals surface area contributed by atoms with Crippen LogP contribution in [0, 0.1) is 0 Å². The molecule has 0 amide bonds. The molecule has 0 spiro atoms. The van der Waals surface area contributed by atoms with Crippen LogP contribution in [0.3, 0.4) is 0 Å². The van der Waals surface area contributed by atoms with Gasteiger partial charge in [0.1, 0.15) is 5.75 Å². The van der Waals surface area contributed by atoms with Gasteiger partial charge in [0, 0.05) is 23.5 Å². The average molecular weight is 314 g/mol. The second-order valence-electron chi connectivity index (χ2n) is 3.61. The molecule has 7 heteroatoms. The number of alkyl halides is 4. The van der Waals surface area contributed by atoms with Crippen LogP contribution in [0.1, 0.15) is 12.5 Å². The molecule has 0 aliphatic carbocycles. The first-order valence-corrected chi connectivity index (χ1v) is 7.24. The molecule has 0 saturated carbocycles. The lowest BCUT2D eigenvalue weighted by Crippen LogP contribution is -2.09. The smallest absolute Gasteiger partial charge is 0.441 e. The van der Waals surface area contributed by atoms with Gasteiger partial charge in [-0.2, -0.15) is 13.2 Å². The number of ether oxygens (including phenoxy) is 1. The molecule has 0 radical (unpaired) electrons. The Morgan fingerprint density at radius 1 is 1.37 bits per heavy atom. The number of anilines is 1. The van der Waals surface area contributed by atoms with Crippen molar-refractivity contribution in [3.05, 3.63) is 23.8 Å². The average Bonchev–Trinajstić information content (AvgIpc) is 2.35. The standard InChI is InChI=1S/C12H15ClF3NOS/c1-2-18-11-4-3-10(7-9(11)8-13)17-5-6-19-12(14,15)16/h3-4,7,17H,2,5-6,8H2,1H3. The van der Waals surface area contributed by atoms with Crippen molar-refractivity contribution in [3.8, 4) is 5.75 Å².